The minimum atomic E-state index is -1.33. The quantitative estimate of drug-likeness (QED) is 0.614. The van der Waals surface area contributed by atoms with Gasteiger partial charge in [-0.2, -0.15) is 0 Å². The molecule has 2 aliphatic rings. The first-order valence-corrected chi connectivity index (χ1v) is 11.4. The topological polar surface area (TPSA) is 108 Å². The molecule has 8 nitrogen and oxygen atoms in total. The zero-order valence-corrected chi connectivity index (χ0v) is 18.8. The molecule has 4 N–H and O–H groups in total. The first-order valence-electron chi connectivity index (χ1n) is 11.4. The smallest absolute Gasteiger partial charge is 0.323 e. The number of amides is 4. The molecule has 2 aromatic carbocycles. The van der Waals surface area contributed by atoms with Crippen LogP contribution in [0.2, 0.25) is 0 Å². The van der Waals surface area contributed by atoms with Gasteiger partial charge in [0.05, 0.1) is 0 Å². The highest BCUT2D eigenvalue weighted by molar-refractivity contribution is 6.00. The maximum Gasteiger partial charge on any atom is 0.323 e. The van der Waals surface area contributed by atoms with Gasteiger partial charge in [-0.3, -0.25) is 14.5 Å². The number of nitrogens with zero attached hydrogens (tertiary/aromatic N) is 2. The molecule has 4 rings (SSSR count). The van der Waals surface area contributed by atoms with E-state index in [-0.39, 0.29) is 36.4 Å². The molecule has 1 saturated carbocycles. The van der Waals surface area contributed by atoms with Gasteiger partial charge < -0.3 is 21.3 Å². The van der Waals surface area contributed by atoms with Crippen molar-refractivity contribution in [3.8, 4) is 0 Å². The second-order valence-electron chi connectivity index (χ2n) is 8.76. The monoisotopic (exact) mass is 489 g/mol. The van der Waals surface area contributed by atoms with Crippen LogP contribution in [0.4, 0.5) is 23.7 Å². The van der Waals surface area contributed by atoms with E-state index in [0.29, 0.717) is 12.8 Å². The van der Waals surface area contributed by atoms with Gasteiger partial charge in [0.15, 0.2) is 17.8 Å². The standard InChI is InChI=1S/C24H26F3N5O3/c25-15-2-1-3-18(13-15)30-24(35)32-11-10-31(23(34)14-4-9-19(26)20(27)12-14)22(32)21(33)29-17-7-5-16(28)6-8-17/h1-4,9,12-13,16-17,22H,5-8,10-11,28H2,(H,29,33)(H,30,35). The summed E-state index contributed by atoms with van der Waals surface area (Å²) in [5.74, 6) is -4.16. The van der Waals surface area contributed by atoms with Crippen molar-refractivity contribution < 1.29 is 27.6 Å². The Hall–Kier alpha value is -3.60. The number of hydrogen-bond donors (Lipinski definition) is 3. The van der Waals surface area contributed by atoms with Crippen molar-refractivity contribution in [2.24, 2.45) is 5.73 Å². The Bertz CT molecular complexity index is 1120. The number of anilines is 1. The molecule has 0 radical (unpaired) electrons. The lowest BCUT2D eigenvalue weighted by atomic mass is 9.92. The van der Waals surface area contributed by atoms with Crippen LogP contribution < -0.4 is 16.4 Å². The molecule has 2 aromatic rings. The normalized spacial score (nSPS) is 22.1. The minimum Gasteiger partial charge on any atom is -0.350 e. The van der Waals surface area contributed by atoms with Crippen molar-refractivity contribution in [3.63, 3.8) is 0 Å². The predicted molar refractivity (Wildman–Crippen MR) is 122 cm³/mol. The largest absolute Gasteiger partial charge is 0.350 e. The molecule has 186 valence electrons. The van der Waals surface area contributed by atoms with Crippen LogP contribution in [0.15, 0.2) is 42.5 Å². The molecule has 11 heteroatoms. The molecule has 1 aliphatic carbocycles. The number of carbonyl (C=O) groups excluding carboxylic acids is 3. The fraction of sp³-hybridized carbons (Fsp3) is 0.375. The van der Waals surface area contributed by atoms with Gasteiger partial charge >= 0.3 is 6.03 Å². The Balaban J connectivity index is 1.57. The van der Waals surface area contributed by atoms with Crippen molar-refractivity contribution in [2.75, 3.05) is 18.4 Å². The van der Waals surface area contributed by atoms with E-state index in [1.807, 2.05) is 0 Å². The molecule has 1 heterocycles. The number of benzene rings is 2. The number of urea groups is 1. The van der Waals surface area contributed by atoms with Gasteiger partial charge in [-0.1, -0.05) is 6.07 Å². The molecule has 0 spiro atoms. The average molecular weight is 489 g/mol. The minimum absolute atomic E-state index is 0.00416. The first kappa shape index (κ1) is 24.5. The van der Waals surface area contributed by atoms with Gasteiger partial charge in [-0.15, -0.1) is 0 Å². The summed E-state index contributed by atoms with van der Waals surface area (Å²) in [5, 5.41) is 5.43. The van der Waals surface area contributed by atoms with Crippen LogP contribution in [0.1, 0.15) is 36.0 Å². The fourth-order valence-corrected chi connectivity index (χ4v) is 4.43. The fourth-order valence-electron chi connectivity index (χ4n) is 4.43. The van der Waals surface area contributed by atoms with E-state index in [2.05, 4.69) is 10.6 Å². The van der Waals surface area contributed by atoms with Crippen molar-refractivity contribution >= 4 is 23.5 Å². The van der Waals surface area contributed by atoms with Gasteiger partial charge in [0.2, 0.25) is 0 Å². The molecule has 35 heavy (non-hydrogen) atoms. The van der Waals surface area contributed by atoms with Gasteiger partial charge in [0.25, 0.3) is 11.8 Å². The summed E-state index contributed by atoms with van der Waals surface area (Å²) in [6.45, 7) is -0.00772. The summed E-state index contributed by atoms with van der Waals surface area (Å²) in [6, 6.07) is 7.14. The van der Waals surface area contributed by atoms with E-state index in [1.165, 1.54) is 18.2 Å². The molecular formula is C24H26F3N5O3. The Morgan fingerprint density at radius 3 is 2.29 bits per heavy atom. The summed E-state index contributed by atoms with van der Waals surface area (Å²) in [7, 11) is 0. The van der Waals surface area contributed by atoms with E-state index >= 15 is 0 Å². The van der Waals surface area contributed by atoms with E-state index < -0.39 is 41.5 Å². The van der Waals surface area contributed by atoms with E-state index in [4.69, 9.17) is 5.73 Å². The summed E-state index contributed by atoms with van der Waals surface area (Å²) in [6.07, 6.45) is 1.45. The predicted octanol–water partition coefficient (Wildman–Crippen LogP) is 2.81. The lowest BCUT2D eigenvalue weighted by Gasteiger charge is -2.32. The Labute approximate surface area is 200 Å². The molecule has 0 aromatic heterocycles. The first-order chi connectivity index (χ1) is 16.7. The number of hydrogen-bond acceptors (Lipinski definition) is 4. The van der Waals surface area contributed by atoms with E-state index in [1.54, 1.807) is 0 Å². The highest BCUT2D eigenvalue weighted by Crippen LogP contribution is 2.23. The molecular weight excluding hydrogens is 463 g/mol. The molecule has 2 fully saturated rings. The van der Waals surface area contributed by atoms with Crippen molar-refractivity contribution in [3.05, 3.63) is 65.5 Å². The zero-order chi connectivity index (χ0) is 25.1. The molecule has 4 amide bonds. The maximum atomic E-state index is 13.8. The Morgan fingerprint density at radius 1 is 0.886 bits per heavy atom. The van der Waals surface area contributed by atoms with E-state index in [0.717, 1.165) is 46.9 Å². The van der Waals surface area contributed by atoms with E-state index in [9.17, 15) is 27.6 Å². The van der Waals surface area contributed by atoms with Crippen LogP contribution in [0.5, 0.6) is 0 Å². The second kappa shape index (κ2) is 10.3. The second-order valence-corrected chi connectivity index (χ2v) is 8.76. The third kappa shape index (κ3) is 5.56. The SMILES string of the molecule is NC1CCC(NC(=O)C2N(C(=O)Nc3cccc(F)c3)CCN2C(=O)c2ccc(F)c(F)c2)CC1. The summed E-state index contributed by atoms with van der Waals surface area (Å²) in [4.78, 5) is 41.8. The average Bonchev–Trinajstić information content (AvgIpc) is 3.27. The number of halogens is 3. The number of nitrogens with one attached hydrogen (secondary N) is 2. The van der Waals surface area contributed by atoms with Crippen LogP contribution >= 0.6 is 0 Å². The maximum absolute atomic E-state index is 13.8. The number of nitrogens with two attached hydrogens (primary N) is 1. The van der Waals surface area contributed by atoms with Gasteiger partial charge in [-0.05, 0) is 62.1 Å². The molecule has 1 saturated heterocycles. The number of rotatable bonds is 4. The van der Waals surface area contributed by atoms with Crippen LogP contribution in [0.3, 0.4) is 0 Å². The number of carbonyl (C=O) groups is 3. The van der Waals surface area contributed by atoms with Crippen molar-refractivity contribution in [1.82, 2.24) is 15.1 Å². The van der Waals surface area contributed by atoms with Crippen LogP contribution in [0.25, 0.3) is 0 Å². The van der Waals surface area contributed by atoms with Gasteiger partial charge in [0, 0.05) is 36.4 Å². The highest BCUT2D eigenvalue weighted by atomic mass is 19.2. The third-order valence-electron chi connectivity index (χ3n) is 6.29. The Kier molecular flexibility index (Phi) is 7.25. The van der Waals surface area contributed by atoms with Crippen LogP contribution in [-0.2, 0) is 4.79 Å². The molecule has 0 bridgehead atoms. The van der Waals surface area contributed by atoms with Gasteiger partial charge in [-0.25, -0.2) is 18.0 Å². The lowest BCUT2D eigenvalue weighted by Crippen LogP contribution is -2.56. The zero-order valence-electron chi connectivity index (χ0n) is 18.8. The van der Waals surface area contributed by atoms with Crippen LogP contribution in [0, 0.1) is 17.5 Å². The summed E-state index contributed by atoms with van der Waals surface area (Å²) >= 11 is 0. The third-order valence-corrected chi connectivity index (χ3v) is 6.29. The lowest BCUT2D eigenvalue weighted by molar-refractivity contribution is -0.128. The van der Waals surface area contributed by atoms with Crippen LogP contribution in [-0.4, -0.2) is 59.0 Å². The molecule has 1 unspecified atom stereocenters. The molecule has 1 atom stereocenters. The van der Waals surface area contributed by atoms with Gasteiger partial charge in [0.1, 0.15) is 5.82 Å². The van der Waals surface area contributed by atoms with Crippen molar-refractivity contribution in [2.45, 2.75) is 43.9 Å². The highest BCUT2D eigenvalue weighted by Gasteiger charge is 2.43. The Morgan fingerprint density at radius 2 is 1.60 bits per heavy atom. The summed E-state index contributed by atoms with van der Waals surface area (Å²) < 4.78 is 40.7. The van der Waals surface area contributed by atoms with Crippen molar-refractivity contribution in [1.29, 1.82) is 0 Å². The molecule has 1 aliphatic heterocycles. The summed E-state index contributed by atoms with van der Waals surface area (Å²) in [5.41, 5.74) is 5.96.